The van der Waals surface area contributed by atoms with Crippen LogP contribution in [0.1, 0.15) is 43.9 Å². The lowest BCUT2D eigenvalue weighted by Crippen LogP contribution is -2.20. The summed E-state index contributed by atoms with van der Waals surface area (Å²) in [5.41, 5.74) is 3.76. The summed E-state index contributed by atoms with van der Waals surface area (Å²) in [6, 6.07) is 7.74. The van der Waals surface area contributed by atoms with Crippen molar-refractivity contribution in [1.82, 2.24) is 0 Å². The SMILES string of the molecule is CC(C)(C)[S@@](=O)N=C1CCc2cc(C#N)ccc21. The zero-order valence-corrected chi connectivity index (χ0v) is 11.7. The molecule has 0 saturated heterocycles. The molecular weight excluding hydrogens is 244 g/mol. The van der Waals surface area contributed by atoms with Gasteiger partial charge >= 0.3 is 0 Å². The highest BCUT2D eigenvalue weighted by Gasteiger charge is 2.23. The fourth-order valence-electron chi connectivity index (χ4n) is 1.87. The Labute approximate surface area is 110 Å². The van der Waals surface area contributed by atoms with Gasteiger partial charge in [-0.3, -0.25) is 0 Å². The Balaban J connectivity index is 2.36. The van der Waals surface area contributed by atoms with Crippen molar-refractivity contribution in [2.24, 2.45) is 4.40 Å². The van der Waals surface area contributed by atoms with E-state index in [1.54, 1.807) is 6.07 Å². The number of aryl methyl sites for hydroxylation is 1. The van der Waals surface area contributed by atoms with E-state index < -0.39 is 11.0 Å². The van der Waals surface area contributed by atoms with Crippen molar-refractivity contribution in [3.05, 3.63) is 34.9 Å². The number of hydrogen-bond donors (Lipinski definition) is 0. The first kappa shape index (κ1) is 13.0. The van der Waals surface area contributed by atoms with E-state index in [2.05, 4.69) is 10.5 Å². The number of nitrogens with zero attached hydrogens (tertiary/aromatic N) is 2. The molecule has 0 heterocycles. The maximum atomic E-state index is 12.0. The molecule has 18 heavy (non-hydrogen) atoms. The second-order valence-corrected chi connectivity index (χ2v) is 7.29. The summed E-state index contributed by atoms with van der Waals surface area (Å²) >= 11 is 0. The number of fused-ring (bicyclic) bond motifs is 1. The zero-order valence-electron chi connectivity index (χ0n) is 10.9. The zero-order chi connectivity index (χ0) is 13.3. The van der Waals surface area contributed by atoms with E-state index in [0.717, 1.165) is 29.7 Å². The first-order valence-electron chi connectivity index (χ1n) is 5.95. The van der Waals surface area contributed by atoms with Gasteiger partial charge in [0.15, 0.2) is 0 Å². The van der Waals surface area contributed by atoms with Crippen molar-refractivity contribution in [3.63, 3.8) is 0 Å². The van der Waals surface area contributed by atoms with Gasteiger partial charge in [0.1, 0.15) is 11.0 Å². The van der Waals surface area contributed by atoms with Gasteiger partial charge in [-0.15, -0.1) is 0 Å². The maximum absolute atomic E-state index is 12.0. The van der Waals surface area contributed by atoms with Crippen molar-refractivity contribution in [2.75, 3.05) is 0 Å². The van der Waals surface area contributed by atoms with Crippen LogP contribution in [0.15, 0.2) is 22.6 Å². The van der Waals surface area contributed by atoms with Crippen LogP contribution in [0.25, 0.3) is 0 Å². The van der Waals surface area contributed by atoms with Crippen molar-refractivity contribution in [3.8, 4) is 6.07 Å². The van der Waals surface area contributed by atoms with Gasteiger partial charge in [0.05, 0.1) is 22.1 Å². The first-order chi connectivity index (χ1) is 8.41. The van der Waals surface area contributed by atoms with E-state index in [1.807, 2.05) is 32.9 Å². The third-order valence-corrected chi connectivity index (χ3v) is 4.33. The van der Waals surface area contributed by atoms with E-state index in [9.17, 15) is 4.21 Å². The Hall–Kier alpha value is -1.47. The second-order valence-electron chi connectivity index (χ2n) is 5.38. The largest absolute Gasteiger partial charge is 0.234 e. The van der Waals surface area contributed by atoms with Gasteiger partial charge in [-0.25, -0.2) is 4.21 Å². The van der Waals surface area contributed by atoms with Crippen LogP contribution in [0.2, 0.25) is 0 Å². The standard InChI is InChI=1S/C14H16N2OS/c1-14(2,3)18(17)16-13-7-5-11-8-10(9-15)4-6-12(11)13/h4,6,8H,5,7H2,1-3H3/t18-/m1/s1. The number of rotatable bonds is 1. The van der Waals surface area contributed by atoms with Crippen LogP contribution in [-0.2, 0) is 17.4 Å². The highest BCUT2D eigenvalue weighted by molar-refractivity contribution is 7.85. The van der Waals surface area contributed by atoms with Gasteiger partial charge in [0.2, 0.25) is 0 Å². The topological polar surface area (TPSA) is 53.2 Å². The molecule has 0 spiro atoms. The van der Waals surface area contributed by atoms with Crippen LogP contribution in [0.5, 0.6) is 0 Å². The molecule has 0 N–H and O–H groups in total. The summed E-state index contributed by atoms with van der Waals surface area (Å²) in [5.74, 6) is 0. The molecule has 0 aliphatic heterocycles. The number of nitriles is 1. The summed E-state index contributed by atoms with van der Waals surface area (Å²) in [5, 5.41) is 8.86. The first-order valence-corrected chi connectivity index (χ1v) is 7.05. The fraction of sp³-hybridized carbons (Fsp3) is 0.429. The van der Waals surface area contributed by atoms with Crippen molar-refractivity contribution >= 4 is 16.7 Å². The Kier molecular flexibility index (Phi) is 3.36. The lowest BCUT2D eigenvalue weighted by Gasteiger charge is -2.14. The third kappa shape index (κ3) is 2.51. The molecule has 0 bridgehead atoms. The molecule has 2 rings (SSSR count). The van der Waals surface area contributed by atoms with E-state index in [4.69, 9.17) is 5.26 Å². The van der Waals surface area contributed by atoms with Crippen molar-refractivity contribution < 1.29 is 4.21 Å². The molecule has 0 unspecified atom stereocenters. The molecule has 1 atom stereocenters. The van der Waals surface area contributed by atoms with Gasteiger partial charge < -0.3 is 0 Å². The van der Waals surface area contributed by atoms with Crippen LogP contribution in [0.4, 0.5) is 0 Å². The average Bonchev–Trinajstić information content (AvgIpc) is 2.70. The minimum absolute atomic E-state index is 0.331. The second kappa shape index (κ2) is 4.66. The average molecular weight is 260 g/mol. The molecule has 0 fully saturated rings. The van der Waals surface area contributed by atoms with Crippen LogP contribution in [0, 0.1) is 11.3 Å². The van der Waals surface area contributed by atoms with E-state index in [0.29, 0.717) is 5.56 Å². The predicted octanol–water partition coefficient (Wildman–Crippen LogP) is 2.76. The fourth-order valence-corrected chi connectivity index (χ4v) is 2.53. The Bertz CT molecular complexity index is 576. The molecule has 4 heteroatoms. The van der Waals surface area contributed by atoms with Crippen LogP contribution >= 0.6 is 0 Å². The van der Waals surface area contributed by atoms with Crippen molar-refractivity contribution in [1.29, 1.82) is 5.26 Å². The van der Waals surface area contributed by atoms with Gasteiger partial charge in [-0.1, -0.05) is 6.07 Å². The number of benzene rings is 1. The molecule has 94 valence electrons. The summed E-state index contributed by atoms with van der Waals surface area (Å²) < 4.78 is 16.0. The molecule has 1 aromatic rings. The summed E-state index contributed by atoms with van der Waals surface area (Å²) in [6.45, 7) is 5.76. The lowest BCUT2D eigenvalue weighted by molar-refractivity contribution is 0.650. The molecule has 0 radical (unpaired) electrons. The molecule has 1 aliphatic carbocycles. The van der Waals surface area contributed by atoms with Gasteiger partial charge in [-0.05, 0) is 51.3 Å². The van der Waals surface area contributed by atoms with Crippen LogP contribution in [0.3, 0.4) is 0 Å². The van der Waals surface area contributed by atoms with Gasteiger partial charge in [-0.2, -0.15) is 9.66 Å². The van der Waals surface area contributed by atoms with E-state index in [1.165, 1.54) is 0 Å². The van der Waals surface area contributed by atoms with Crippen molar-refractivity contribution in [2.45, 2.75) is 38.4 Å². The molecule has 3 nitrogen and oxygen atoms in total. The van der Waals surface area contributed by atoms with Crippen LogP contribution in [-0.4, -0.2) is 14.7 Å². The molecule has 0 aromatic heterocycles. The van der Waals surface area contributed by atoms with Gasteiger partial charge in [0.25, 0.3) is 0 Å². The minimum atomic E-state index is -1.22. The van der Waals surface area contributed by atoms with Crippen LogP contribution < -0.4 is 0 Å². The molecule has 1 aliphatic rings. The lowest BCUT2D eigenvalue weighted by atomic mass is 10.1. The van der Waals surface area contributed by atoms with E-state index in [-0.39, 0.29) is 4.75 Å². The Morgan fingerprint density at radius 2 is 2.06 bits per heavy atom. The summed E-state index contributed by atoms with van der Waals surface area (Å²) in [6.07, 6.45) is 1.69. The normalized spacial score (nSPS) is 18.4. The molecule has 1 aromatic carbocycles. The van der Waals surface area contributed by atoms with Gasteiger partial charge in [0, 0.05) is 5.56 Å². The number of hydrogen-bond acceptors (Lipinski definition) is 2. The maximum Gasteiger partial charge on any atom is 0.145 e. The quantitative estimate of drug-likeness (QED) is 0.779. The highest BCUT2D eigenvalue weighted by atomic mass is 32.2. The van der Waals surface area contributed by atoms with E-state index >= 15 is 0 Å². The predicted molar refractivity (Wildman–Crippen MR) is 73.9 cm³/mol. The highest BCUT2D eigenvalue weighted by Crippen LogP contribution is 2.25. The Morgan fingerprint density at radius 3 is 2.67 bits per heavy atom. The molecule has 0 amide bonds. The molecule has 0 saturated carbocycles. The monoisotopic (exact) mass is 260 g/mol. The summed E-state index contributed by atoms with van der Waals surface area (Å²) in [7, 11) is -1.22. The Morgan fingerprint density at radius 1 is 1.33 bits per heavy atom. The minimum Gasteiger partial charge on any atom is -0.234 e. The molecular formula is C14H16N2OS. The smallest absolute Gasteiger partial charge is 0.145 e. The third-order valence-electron chi connectivity index (χ3n) is 2.89. The summed E-state index contributed by atoms with van der Waals surface area (Å²) in [4.78, 5) is 0.